The van der Waals surface area contributed by atoms with Gasteiger partial charge in [0.2, 0.25) is 0 Å². The molecule has 8 rings (SSSR count). The third kappa shape index (κ3) is 11.6. The van der Waals surface area contributed by atoms with Gasteiger partial charge < -0.3 is 33.7 Å². The first kappa shape index (κ1) is 44.4. The van der Waals surface area contributed by atoms with Crippen LogP contribution in [0.25, 0.3) is 0 Å². The van der Waals surface area contributed by atoms with E-state index in [1.807, 2.05) is 77.0 Å². The Morgan fingerprint density at radius 2 is 1.17 bits per heavy atom. The third-order valence-corrected chi connectivity index (χ3v) is 11.4. The lowest BCUT2D eigenvalue weighted by Crippen LogP contribution is -2.49. The van der Waals surface area contributed by atoms with Crippen molar-refractivity contribution in [2.75, 3.05) is 52.4 Å². The van der Waals surface area contributed by atoms with Crippen LogP contribution in [0.15, 0.2) is 70.7 Å². The van der Waals surface area contributed by atoms with Crippen LogP contribution in [0.2, 0.25) is 0 Å². The standard InChI is InChI=1S/C21H28BrN5O2.C12H10BrN3O.C9H18N2O2/c1-20(2,3)29-19(28)26-10-8-25(9-11-26)14-17-13-23-15-27(17)21(6-7-21)18-5-4-16(22)12-24-18;13-9-1-2-11(15-5-9)12(3-4-12)16-8-14-6-10(16)7-17;1-9(2,3)13-8(12)11-6-4-10-5-7-11/h4-5,12-13,15H,6-11,14H2,1-3H3;1-2,5-8H,3-4H2;10H,4-7H2,1-3H3. The SMILES string of the molecule is CC(C)(C)OC(=O)N1CCN(Cc2cncn2C2(c3ccc(Br)cn3)CC2)CC1.CC(C)(C)OC(=O)N1CCNCC1.O=Cc1cncn1C1(c2ccc(Br)cn2)CC1. The molecule has 0 radical (unpaired) electrons. The van der Waals surface area contributed by atoms with Crippen molar-refractivity contribution >= 4 is 50.3 Å². The first-order valence-corrected chi connectivity index (χ1v) is 21.7. The van der Waals surface area contributed by atoms with Gasteiger partial charge >= 0.3 is 12.2 Å². The molecule has 2 aliphatic carbocycles. The Kier molecular flexibility index (Phi) is 14.0. The van der Waals surface area contributed by atoms with E-state index in [0.29, 0.717) is 18.8 Å². The maximum absolute atomic E-state index is 12.3. The minimum absolute atomic E-state index is 0.0646. The monoisotopic (exact) mass is 938 g/mol. The average Bonchev–Trinajstić information content (AvgIpc) is 4.08. The molecule has 59 heavy (non-hydrogen) atoms. The average molecular weight is 941 g/mol. The van der Waals surface area contributed by atoms with Crippen LogP contribution in [0.5, 0.6) is 0 Å². The Morgan fingerprint density at radius 1 is 0.695 bits per heavy atom. The van der Waals surface area contributed by atoms with Gasteiger partial charge in [0.15, 0.2) is 6.29 Å². The van der Waals surface area contributed by atoms with Crippen LogP contribution < -0.4 is 5.32 Å². The van der Waals surface area contributed by atoms with Gasteiger partial charge in [-0.25, -0.2) is 19.6 Å². The van der Waals surface area contributed by atoms with Crippen molar-refractivity contribution in [3.63, 3.8) is 0 Å². The first-order chi connectivity index (χ1) is 28.0. The number of aromatic nitrogens is 6. The number of hydrogen-bond donors (Lipinski definition) is 1. The van der Waals surface area contributed by atoms with E-state index in [1.54, 1.807) is 28.5 Å². The molecule has 2 amide bonds. The van der Waals surface area contributed by atoms with Gasteiger partial charge in [0.1, 0.15) is 16.9 Å². The van der Waals surface area contributed by atoms with E-state index in [9.17, 15) is 14.4 Å². The minimum atomic E-state index is -0.458. The Hall–Kier alpha value is -4.19. The lowest BCUT2D eigenvalue weighted by molar-refractivity contribution is 0.0136. The molecule has 6 heterocycles. The summed E-state index contributed by atoms with van der Waals surface area (Å²) in [5.74, 6) is 0. The number of piperazine rings is 2. The number of nitrogens with zero attached hydrogens (tertiary/aromatic N) is 9. The highest BCUT2D eigenvalue weighted by molar-refractivity contribution is 9.10. The van der Waals surface area contributed by atoms with Gasteiger partial charge in [-0.2, -0.15) is 0 Å². The van der Waals surface area contributed by atoms with Gasteiger partial charge in [0.05, 0.1) is 47.0 Å². The van der Waals surface area contributed by atoms with Crippen LogP contribution in [0.4, 0.5) is 9.59 Å². The Balaban J connectivity index is 0.000000165. The molecule has 0 unspecified atom stereocenters. The van der Waals surface area contributed by atoms with Crippen molar-refractivity contribution in [2.24, 2.45) is 0 Å². The molecule has 4 aromatic rings. The van der Waals surface area contributed by atoms with Crippen LogP contribution in [0.3, 0.4) is 0 Å². The minimum Gasteiger partial charge on any atom is -0.444 e. The number of carbonyl (C=O) groups is 3. The first-order valence-electron chi connectivity index (χ1n) is 20.1. The molecule has 2 saturated carbocycles. The predicted molar refractivity (Wildman–Crippen MR) is 230 cm³/mol. The largest absolute Gasteiger partial charge is 0.444 e. The zero-order chi connectivity index (χ0) is 42.4. The topological polar surface area (TPSA) is 153 Å². The molecule has 4 fully saturated rings. The molecule has 4 aliphatic rings. The molecule has 318 valence electrons. The lowest BCUT2D eigenvalue weighted by atomic mass is 10.1. The highest BCUT2D eigenvalue weighted by Crippen LogP contribution is 2.50. The van der Waals surface area contributed by atoms with Gasteiger partial charge in [-0.05, 0) is 123 Å². The van der Waals surface area contributed by atoms with Crippen molar-refractivity contribution in [1.82, 2.24) is 49.1 Å². The molecular formula is C42H56Br2N10O5. The normalized spacial score (nSPS) is 18.4. The number of halogens is 2. The van der Waals surface area contributed by atoms with E-state index in [2.05, 4.69) is 78.7 Å². The Labute approximate surface area is 363 Å². The number of pyridine rings is 2. The van der Waals surface area contributed by atoms with Crippen molar-refractivity contribution in [1.29, 1.82) is 0 Å². The van der Waals surface area contributed by atoms with E-state index in [1.165, 1.54) is 5.69 Å². The summed E-state index contributed by atoms with van der Waals surface area (Å²) in [5, 5.41) is 3.18. The fourth-order valence-electron chi connectivity index (χ4n) is 7.17. The van der Waals surface area contributed by atoms with Gasteiger partial charge in [0, 0.05) is 86.4 Å². The van der Waals surface area contributed by atoms with Crippen molar-refractivity contribution in [3.05, 3.63) is 93.4 Å². The van der Waals surface area contributed by atoms with Crippen LogP contribution in [0, 0.1) is 0 Å². The van der Waals surface area contributed by atoms with Crippen LogP contribution in [-0.4, -0.2) is 126 Å². The maximum Gasteiger partial charge on any atom is 0.410 e. The van der Waals surface area contributed by atoms with Gasteiger partial charge in [-0.3, -0.25) is 19.7 Å². The van der Waals surface area contributed by atoms with Crippen LogP contribution in [0.1, 0.15) is 94.8 Å². The van der Waals surface area contributed by atoms with Crippen molar-refractivity contribution in [3.8, 4) is 0 Å². The molecule has 0 aromatic carbocycles. The molecule has 4 aromatic heterocycles. The zero-order valence-corrected chi connectivity index (χ0v) is 38.0. The third-order valence-electron chi connectivity index (χ3n) is 10.5. The number of amides is 2. The van der Waals surface area contributed by atoms with Crippen molar-refractivity contribution < 1.29 is 23.9 Å². The molecule has 0 spiro atoms. The summed E-state index contributed by atoms with van der Waals surface area (Å²) < 4.78 is 16.9. The lowest BCUT2D eigenvalue weighted by Gasteiger charge is -2.35. The second kappa shape index (κ2) is 18.6. The maximum atomic E-state index is 12.3. The summed E-state index contributed by atoms with van der Waals surface area (Å²) in [6.45, 7) is 18.4. The molecule has 0 bridgehead atoms. The zero-order valence-electron chi connectivity index (χ0n) is 34.9. The van der Waals surface area contributed by atoms with E-state index in [0.717, 1.165) is 98.1 Å². The molecule has 15 nitrogen and oxygen atoms in total. The summed E-state index contributed by atoms with van der Waals surface area (Å²) in [5.41, 5.74) is 2.81. The highest BCUT2D eigenvalue weighted by Gasteiger charge is 2.49. The summed E-state index contributed by atoms with van der Waals surface area (Å²) in [6, 6.07) is 8.11. The van der Waals surface area contributed by atoms with Gasteiger partial charge in [-0.15, -0.1) is 0 Å². The highest BCUT2D eigenvalue weighted by atomic mass is 79.9. The van der Waals surface area contributed by atoms with E-state index in [-0.39, 0.29) is 28.9 Å². The number of imidazole rings is 2. The fourth-order valence-corrected chi connectivity index (χ4v) is 7.64. The second-order valence-electron chi connectivity index (χ2n) is 17.3. The van der Waals surface area contributed by atoms with E-state index < -0.39 is 5.60 Å². The number of ether oxygens (including phenoxy) is 2. The molecule has 2 aliphatic heterocycles. The summed E-state index contributed by atoms with van der Waals surface area (Å²) >= 11 is 6.84. The van der Waals surface area contributed by atoms with Crippen molar-refractivity contribution in [2.45, 2.75) is 96.1 Å². The molecule has 17 heteroatoms. The summed E-state index contributed by atoms with van der Waals surface area (Å²) in [7, 11) is 0. The Bertz CT molecular complexity index is 2020. The fraction of sp³-hybridized carbons (Fsp3) is 0.548. The predicted octanol–water partition coefficient (Wildman–Crippen LogP) is 6.85. The smallest absolute Gasteiger partial charge is 0.410 e. The molecule has 1 N–H and O–H groups in total. The quantitative estimate of drug-likeness (QED) is 0.194. The summed E-state index contributed by atoms with van der Waals surface area (Å²) in [4.78, 5) is 58.2. The summed E-state index contributed by atoms with van der Waals surface area (Å²) in [6.07, 6.45) is 15.4. The number of hydrogen-bond acceptors (Lipinski definition) is 11. The van der Waals surface area contributed by atoms with E-state index in [4.69, 9.17) is 9.47 Å². The van der Waals surface area contributed by atoms with Gasteiger partial charge in [-0.1, -0.05) is 0 Å². The molecule has 2 saturated heterocycles. The van der Waals surface area contributed by atoms with Crippen LogP contribution in [-0.2, 0) is 27.1 Å². The van der Waals surface area contributed by atoms with Crippen LogP contribution >= 0.6 is 31.9 Å². The Morgan fingerprint density at radius 3 is 1.63 bits per heavy atom. The number of carbonyl (C=O) groups excluding carboxylic acids is 3. The number of rotatable bonds is 7. The number of aldehydes is 1. The molecule has 0 atom stereocenters. The van der Waals surface area contributed by atoms with Gasteiger partial charge in [0.25, 0.3) is 0 Å². The molecular weight excluding hydrogens is 884 g/mol. The number of nitrogens with one attached hydrogen (secondary N) is 1. The second-order valence-corrected chi connectivity index (χ2v) is 19.1. The van der Waals surface area contributed by atoms with E-state index >= 15 is 0 Å².